The van der Waals surface area contributed by atoms with Gasteiger partial charge in [0, 0.05) is 6.00 Å². The molecule has 0 N–H and O–H groups in total. The Morgan fingerprint density at radius 2 is 1.47 bits per heavy atom. The maximum Gasteiger partial charge on any atom is 0.315 e. The van der Waals surface area contributed by atoms with Gasteiger partial charge in [0.2, 0.25) is 0 Å². The normalized spacial score (nSPS) is 28.8. The lowest BCUT2D eigenvalue weighted by molar-refractivity contribution is -0.229. The van der Waals surface area contributed by atoms with Gasteiger partial charge in [0.05, 0.1) is 17.6 Å². The number of rotatable bonds is 7. The van der Waals surface area contributed by atoms with Crippen molar-refractivity contribution in [3.63, 3.8) is 0 Å². The molecular formula is C25H27BO6. The zero-order chi connectivity index (χ0) is 22.9. The van der Waals surface area contributed by atoms with Crippen molar-refractivity contribution in [3.8, 4) is 0 Å². The lowest BCUT2D eigenvalue weighted by Gasteiger charge is -2.46. The molecular weight excluding hydrogens is 407 g/mol. The molecule has 0 aromatic heterocycles. The molecule has 5 atom stereocenters. The summed E-state index contributed by atoms with van der Waals surface area (Å²) in [5.74, 6) is -2.65. The summed E-state index contributed by atoms with van der Waals surface area (Å²) in [5, 5.41) is 0. The van der Waals surface area contributed by atoms with Gasteiger partial charge in [0.15, 0.2) is 0 Å². The molecule has 2 aromatic rings. The second-order valence-electron chi connectivity index (χ2n) is 8.85. The highest BCUT2D eigenvalue weighted by Crippen LogP contribution is 2.57. The summed E-state index contributed by atoms with van der Waals surface area (Å²) in [4.78, 5) is 26.3. The predicted octanol–water partition coefficient (Wildman–Crippen LogP) is 3.17. The molecule has 2 fully saturated rings. The molecule has 2 heterocycles. The Morgan fingerprint density at radius 1 is 0.938 bits per heavy atom. The lowest BCUT2D eigenvalue weighted by Crippen LogP contribution is -2.60. The first-order chi connectivity index (χ1) is 15.3. The highest BCUT2D eigenvalue weighted by Gasteiger charge is 2.74. The molecule has 0 amide bonds. The van der Waals surface area contributed by atoms with Crippen molar-refractivity contribution in [1.82, 2.24) is 0 Å². The minimum Gasteiger partial charge on any atom is -0.461 e. The molecule has 2 aromatic carbocycles. The molecule has 32 heavy (non-hydrogen) atoms. The quantitative estimate of drug-likeness (QED) is 0.493. The van der Waals surface area contributed by atoms with E-state index in [-0.39, 0.29) is 13.2 Å². The van der Waals surface area contributed by atoms with Crippen molar-refractivity contribution >= 4 is 19.8 Å². The van der Waals surface area contributed by atoms with Crippen LogP contribution in [0.1, 0.15) is 31.9 Å². The second kappa shape index (κ2) is 8.72. The molecule has 2 saturated heterocycles. The summed E-state index contributed by atoms with van der Waals surface area (Å²) in [6, 6.07) is 17.9. The molecule has 0 aliphatic carbocycles. The third-order valence-corrected chi connectivity index (χ3v) is 6.52. The molecule has 2 aliphatic heterocycles. The van der Waals surface area contributed by atoms with Crippen LogP contribution in [0.2, 0.25) is 0 Å². The summed E-state index contributed by atoms with van der Waals surface area (Å²) >= 11 is 0. The number of carbonyl (C=O) groups is 2. The number of ether oxygens (including phenoxy) is 4. The van der Waals surface area contributed by atoms with Gasteiger partial charge in [0.1, 0.15) is 32.6 Å². The van der Waals surface area contributed by atoms with Gasteiger partial charge >= 0.3 is 11.9 Å². The molecule has 7 heteroatoms. The fourth-order valence-corrected chi connectivity index (χ4v) is 4.93. The van der Waals surface area contributed by atoms with E-state index in [2.05, 4.69) is 0 Å². The minimum absolute atomic E-state index is 0.113. The number of benzene rings is 2. The second-order valence-corrected chi connectivity index (χ2v) is 8.85. The number of esters is 2. The number of fused-ring (bicyclic) bond motifs is 2. The van der Waals surface area contributed by atoms with Crippen LogP contribution in [0.3, 0.4) is 0 Å². The zero-order valence-electron chi connectivity index (χ0n) is 18.5. The zero-order valence-corrected chi connectivity index (χ0v) is 18.5. The monoisotopic (exact) mass is 434 g/mol. The Bertz CT molecular complexity index is 963. The van der Waals surface area contributed by atoms with Crippen molar-refractivity contribution in [1.29, 1.82) is 0 Å². The minimum atomic E-state index is -1.31. The van der Waals surface area contributed by atoms with Crippen LogP contribution in [0.15, 0.2) is 60.7 Å². The maximum absolute atomic E-state index is 13.2. The van der Waals surface area contributed by atoms with Crippen LogP contribution in [0.25, 0.3) is 0 Å². The van der Waals surface area contributed by atoms with Crippen LogP contribution in [-0.2, 0) is 41.8 Å². The maximum atomic E-state index is 13.2. The van der Waals surface area contributed by atoms with Crippen molar-refractivity contribution < 1.29 is 28.5 Å². The van der Waals surface area contributed by atoms with Crippen LogP contribution < -0.4 is 0 Å². The molecule has 2 bridgehead atoms. The Balaban J connectivity index is 1.54. The Labute approximate surface area is 189 Å². The van der Waals surface area contributed by atoms with Gasteiger partial charge in [-0.1, -0.05) is 60.7 Å². The summed E-state index contributed by atoms with van der Waals surface area (Å²) < 4.78 is 23.4. The van der Waals surface area contributed by atoms with Crippen LogP contribution in [0, 0.1) is 11.8 Å². The largest absolute Gasteiger partial charge is 0.461 e. The molecule has 3 unspecified atom stereocenters. The summed E-state index contributed by atoms with van der Waals surface area (Å²) in [6.45, 7) is 5.53. The Kier molecular flexibility index (Phi) is 6.14. The van der Waals surface area contributed by atoms with E-state index in [0.29, 0.717) is 0 Å². The highest BCUT2D eigenvalue weighted by molar-refractivity contribution is 6.12. The van der Waals surface area contributed by atoms with E-state index in [9.17, 15) is 9.59 Å². The van der Waals surface area contributed by atoms with E-state index >= 15 is 0 Å². The number of hydrogen-bond acceptors (Lipinski definition) is 6. The molecule has 0 saturated carbocycles. The SMILES string of the molecule is [B][C@@H]1O[C@]2(C(C)C(=O)OCc3ccccc3)C(C(=O)OCc3ccccc3)C1OC2(C)C. The number of hydrogen-bond donors (Lipinski definition) is 0. The first-order valence-electron chi connectivity index (χ1n) is 10.8. The van der Waals surface area contributed by atoms with E-state index in [4.69, 9.17) is 26.8 Å². The summed E-state index contributed by atoms with van der Waals surface area (Å²) in [5.41, 5.74) is -0.525. The fourth-order valence-electron chi connectivity index (χ4n) is 4.93. The van der Waals surface area contributed by atoms with E-state index in [1.165, 1.54) is 0 Å². The average Bonchev–Trinajstić information content (AvgIpc) is 3.22. The van der Waals surface area contributed by atoms with Gasteiger partial charge in [-0.15, -0.1) is 0 Å². The highest BCUT2D eigenvalue weighted by atomic mass is 16.6. The standard InChI is InChI=1S/C25H27BO6/c1-16(22(27)29-14-17-10-6-4-7-11-17)25-19(20(21(26)32-25)31-24(25,2)3)23(28)30-15-18-12-8-5-9-13-18/h4-13,16,19-21H,14-15H2,1-3H3/t16?,19?,20?,21-,25-/m1/s1. The van der Waals surface area contributed by atoms with Crippen LogP contribution >= 0.6 is 0 Å². The topological polar surface area (TPSA) is 71.1 Å². The lowest BCUT2D eigenvalue weighted by atomic mass is 9.69. The first kappa shape index (κ1) is 22.6. The summed E-state index contributed by atoms with van der Waals surface area (Å²) in [6.07, 6.45) is -0.711. The van der Waals surface area contributed by atoms with Gasteiger partial charge in [-0.2, -0.15) is 0 Å². The Morgan fingerprint density at radius 3 is 2.03 bits per heavy atom. The van der Waals surface area contributed by atoms with Gasteiger partial charge in [0.25, 0.3) is 0 Å². The molecule has 166 valence electrons. The van der Waals surface area contributed by atoms with Crippen molar-refractivity contribution in [3.05, 3.63) is 71.8 Å². The van der Waals surface area contributed by atoms with Crippen LogP contribution in [-0.4, -0.2) is 43.1 Å². The van der Waals surface area contributed by atoms with Gasteiger partial charge < -0.3 is 18.9 Å². The van der Waals surface area contributed by atoms with Gasteiger partial charge in [-0.05, 0) is 31.9 Å². The first-order valence-corrected chi connectivity index (χ1v) is 10.8. The average molecular weight is 434 g/mol. The van der Waals surface area contributed by atoms with Gasteiger partial charge in [-0.25, -0.2) is 0 Å². The smallest absolute Gasteiger partial charge is 0.315 e. The number of carbonyl (C=O) groups excluding carboxylic acids is 2. The Hall–Kier alpha value is -2.64. The third kappa shape index (κ3) is 3.84. The molecule has 6 nitrogen and oxygen atoms in total. The van der Waals surface area contributed by atoms with Crippen molar-refractivity contribution in [2.24, 2.45) is 11.8 Å². The predicted molar refractivity (Wildman–Crippen MR) is 117 cm³/mol. The van der Waals surface area contributed by atoms with Crippen LogP contribution in [0.5, 0.6) is 0 Å². The van der Waals surface area contributed by atoms with Crippen molar-refractivity contribution in [2.75, 3.05) is 0 Å². The van der Waals surface area contributed by atoms with E-state index in [1.54, 1.807) is 20.8 Å². The fraction of sp³-hybridized carbons (Fsp3) is 0.440. The molecule has 4 rings (SSSR count). The summed E-state index contributed by atoms with van der Waals surface area (Å²) in [7, 11) is 6.16. The molecule has 2 aliphatic rings. The van der Waals surface area contributed by atoms with E-state index in [1.807, 2.05) is 60.7 Å². The molecule has 2 radical (unpaired) electrons. The third-order valence-electron chi connectivity index (χ3n) is 6.52. The van der Waals surface area contributed by atoms with E-state index < -0.39 is 47.1 Å². The van der Waals surface area contributed by atoms with Crippen molar-refractivity contribution in [2.45, 2.75) is 57.3 Å². The molecule has 0 spiro atoms. The van der Waals surface area contributed by atoms with Crippen LogP contribution in [0.4, 0.5) is 0 Å². The van der Waals surface area contributed by atoms with Gasteiger partial charge in [-0.3, -0.25) is 9.59 Å². The van der Waals surface area contributed by atoms with E-state index in [0.717, 1.165) is 11.1 Å².